The van der Waals surface area contributed by atoms with Crippen molar-refractivity contribution in [2.75, 3.05) is 0 Å². The Hall–Kier alpha value is -1.03. The van der Waals surface area contributed by atoms with Gasteiger partial charge in [-0.25, -0.2) is 4.99 Å². The van der Waals surface area contributed by atoms with Crippen molar-refractivity contribution in [1.82, 2.24) is 5.32 Å². The third kappa shape index (κ3) is 3.79. The van der Waals surface area contributed by atoms with Gasteiger partial charge in [0.05, 0.1) is 6.54 Å². The van der Waals surface area contributed by atoms with Crippen LogP contribution in [0.5, 0.6) is 0 Å². The van der Waals surface area contributed by atoms with Crippen LogP contribution < -0.4 is 11.1 Å². The van der Waals surface area contributed by atoms with E-state index in [4.69, 9.17) is 5.73 Å². The van der Waals surface area contributed by atoms with Crippen LogP contribution in [-0.2, 0) is 6.54 Å². The first kappa shape index (κ1) is 11.0. The Morgan fingerprint density at radius 3 is 2.79 bits per heavy atom. The van der Waals surface area contributed by atoms with Crippen molar-refractivity contribution in [3.05, 3.63) is 21.9 Å². The van der Waals surface area contributed by atoms with Crippen LogP contribution in [0, 0.1) is 6.92 Å². The molecule has 1 heterocycles. The normalized spacial score (nSPS) is 12.1. The predicted molar refractivity (Wildman–Crippen MR) is 62.7 cm³/mol. The van der Waals surface area contributed by atoms with Crippen LogP contribution in [0.3, 0.4) is 0 Å². The molecule has 4 heteroatoms. The monoisotopic (exact) mass is 211 g/mol. The van der Waals surface area contributed by atoms with Gasteiger partial charge in [-0.1, -0.05) is 0 Å². The summed E-state index contributed by atoms with van der Waals surface area (Å²) in [6, 6.07) is 4.53. The molecule has 0 amide bonds. The Morgan fingerprint density at radius 2 is 2.29 bits per heavy atom. The highest BCUT2D eigenvalue weighted by atomic mass is 32.1. The van der Waals surface area contributed by atoms with E-state index in [1.54, 1.807) is 11.3 Å². The van der Waals surface area contributed by atoms with E-state index in [0.29, 0.717) is 18.5 Å². The largest absolute Gasteiger partial charge is 0.370 e. The van der Waals surface area contributed by atoms with Crippen molar-refractivity contribution < 1.29 is 0 Å². The summed E-state index contributed by atoms with van der Waals surface area (Å²) in [6.07, 6.45) is 0. The van der Waals surface area contributed by atoms with Gasteiger partial charge >= 0.3 is 0 Å². The van der Waals surface area contributed by atoms with Crippen molar-refractivity contribution in [1.29, 1.82) is 0 Å². The minimum atomic E-state index is 0.337. The highest BCUT2D eigenvalue weighted by Crippen LogP contribution is 2.15. The van der Waals surface area contributed by atoms with Gasteiger partial charge in [0.2, 0.25) is 0 Å². The summed E-state index contributed by atoms with van der Waals surface area (Å²) in [5, 5.41) is 3.05. The molecule has 0 bridgehead atoms. The minimum absolute atomic E-state index is 0.337. The highest BCUT2D eigenvalue weighted by Gasteiger charge is 1.97. The second kappa shape index (κ2) is 5.00. The van der Waals surface area contributed by atoms with Gasteiger partial charge < -0.3 is 11.1 Å². The van der Waals surface area contributed by atoms with Gasteiger partial charge in [0, 0.05) is 15.8 Å². The zero-order valence-electron chi connectivity index (χ0n) is 8.87. The molecule has 0 saturated carbocycles. The van der Waals surface area contributed by atoms with E-state index in [0.717, 1.165) is 0 Å². The van der Waals surface area contributed by atoms with Gasteiger partial charge in [0.25, 0.3) is 0 Å². The van der Waals surface area contributed by atoms with Crippen molar-refractivity contribution in [2.24, 2.45) is 10.7 Å². The Labute approximate surface area is 89.0 Å². The molecule has 0 aliphatic carbocycles. The average Bonchev–Trinajstić information content (AvgIpc) is 2.47. The summed E-state index contributed by atoms with van der Waals surface area (Å²) >= 11 is 1.76. The lowest BCUT2D eigenvalue weighted by atomic mass is 10.4. The molecule has 0 saturated heterocycles. The summed E-state index contributed by atoms with van der Waals surface area (Å²) < 4.78 is 0. The van der Waals surface area contributed by atoms with Crippen LogP contribution in [0.2, 0.25) is 0 Å². The van der Waals surface area contributed by atoms with E-state index in [1.165, 1.54) is 9.75 Å². The van der Waals surface area contributed by atoms with Gasteiger partial charge in [-0.3, -0.25) is 0 Å². The summed E-state index contributed by atoms with van der Waals surface area (Å²) in [5.41, 5.74) is 5.67. The number of guanidine groups is 1. The number of hydrogen-bond acceptors (Lipinski definition) is 2. The standard InChI is InChI=1S/C10H17N3S/c1-7(2)13-10(11)12-6-9-5-4-8(3)14-9/h4-5,7H,6H2,1-3H3,(H3,11,12,13). The molecule has 0 unspecified atom stereocenters. The van der Waals surface area contributed by atoms with E-state index >= 15 is 0 Å². The van der Waals surface area contributed by atoms with E-state index in [1.807, 2.05) is 13.8 Å². The Balaban J connectivity index is 2.46. The Bertz CT molecular complexity index is 315. The molecule has 0 fully saturated rings. The molecule has 0 radical (unpaired) electrons. The third-order valence-corrected chi connectivity index (χ3v) is 2.62. The molecule has 78 valence electrons. The van der Waals surface area contributed by atoms with Gasteiger partial charge in [0.15, 0.2) is 5.96 Å². The van der Waals surface area contributed by atoms with Crippen LogP contribution >= 0.6 is 11.3 Å². The number of hydrogen-bond donors (Lipinski definition) is 2. The SMILES string of the molecule is Cc1ccc(CN=C(N)NC(C)C)s1. The zero-order chi connectivity index (χ0) is 10.6. The Morgan fingerprint density at radius 1 is 1.57 bits per heavy atom. The zero-order valence-corrected chi connectivity index (χ0v) is 9.69. The van der Waals surface area contributed by atoms with Gasteiger partial charge in [-0.05, 0) is 32.9 Å². The summed E-state index contributed by atoms with van der Waals surface area (Å²) in [4.78, 5) is 6.80. The van der Waals surface area contributed by atoms with Crippen LogP contribution in [0.1, 0.15) is 23.6 Å². The summed E-state index contributed by atoms with van der Waals surface area (Å²) in [5.74, 6) is 0.519. The van der Waals surface area contributed by atoms with Gasteiger partial charge in [-0.15, -0.1) is 11.3 Å². The van der Waals surface area contributed by atoms with Crippen LogP contribution in [-0.4, -0.2) is 12.0 Å². The predicted octanol–water partition coefficient (Wildman–Crippen LogP) is 1.87. The molecular weight excluding hydrogens is 194 g/mol. The number of nitrogens with zero attached hydrogens (tertiary/aromatic N) is 1. The smallest absolute Gasteiger partial charge is 0.189 e. The molecule has 1 rings (SSSR count). The molecule has 0 spiro atoms. The fourth-order valence-electron chi connectivity index (χ4n) is 1.07. The average molecular weight is 211 g/mol. The molecular formula is C10H17N3S. The first-order valence-electron chi connectivity index (χ1n) is 4.69. The van der Waals surface area contributed by atoms with Gasteiger partial charge in [-0.2, -0.15) is 0 Å². The summed E-state index contributed by atoms with van der Waals surface area (Å²) in [6.45, 7) is 6.84. The summed E-state index contributed by atoms with van der Waals surface area (Å²) in [7, 11) is 0. The number of aryl methyl sites for hydroxylation is 1. The number of nitrogens with one attached hydrogen (secondary N) is 1. The molecule has 3 nitrogen and oxygen atoms in total. The number of aliphatic imine (C=N–C) groups is 1. The highest BCUT2D eigenvalue weighted by molar-refractivity contribution is 7.11. The van der Waals surface area contributed by atoms with Crippen LogP contribution in [0.25, 0.3) is 0 Å². The van der Waals surface area contributed by atoms with Gasteiger partial charge in [0.1, 0.15) is 0 Å². The number of thiophene rings is 1. The number of nitrogens with two attached hydrogens (primary N) is 1. The fourth-order valence-corrected chi connectivity index (χ4v) is 1.89. The molecule has 14 heavy (non-hydrogen) atoms. The molecule has 1 aromatic heterocycles. The van der Waals surface area contributed by atoms with E-state index in [-0.39, 0.29) is 0 Å². The maximum Gasteiger partial charge on any atom is 0.189 e. The van der Waals surface area contributed by atoms with Crippen molar-refractivity contribution >= 4 is 17.3 Å². The second-order valence-electron chi connectivity index (χ2n) is 3.51. The first-order valence-corrected chi connectivity index (χ1v) is 5.51. The topological polar surface area (TPSA) is 50.4 Å². The van der Waals surface area contributed by atoms with Crippen LogP contribution in [0.15, 0.2) is 17.1 Å². The van der Waals surface area contributed by atoms with Crippen molar-refractivity contribution in [3.8, 4) is 0 Å². The van der Waals surface area contributed by atoms with E-state index in [9.17, 15) is 0 Å². The molecule has 3 N–H and O–H groups in total. The first-order chi connectivity index (χ1) is 6.58. The fraction of sp³-hybridized carbons (Fsp3) is 0.500. The maximum absolute atomic E-state index is 5.67. The minimum Gasteiger partial charge on any atom is -0.370 e. The second-order valence-corrected chi connectivity index (χ2v) is 4.89. The molecule has 0 aromatic carbocycles. The van der Waals surface area contributed by atoms with Crippen LogP contribution in [0.4, 0.5) is 0 Å². The lowest BCUT2D eigenvalue weighted by molar-refractivity contribution is 0.724. The van der Waals surface area contributed by atoms with Crippen molar-refractivity contribution in [3.63, 3.8) is 0 Å². The lowest BCUT2D eigenvalue weighted by Gasteiger charge is -2.07. The molecule has 0 aliphatic rings. The van der Waals surface area contributed by atoms with E-state index < -0.39 is 0 Å². The number of rotatable bonds is 3. The molecule has 0 aliphatic heterocycles. The molecule has 1 aromatic rings. The Kier molecular flexibility index (Phi) is 3.95. The molecule has 0 atom stereocenters. The maximum atomic E-state index is 5.67. The van der Waals surface area contributed by atoms with Crippen molar-refractivity contribution in [2.45, 2.75) is 33.4 Å². The third-order valence-electron chi connectivity index (χ3n) is 1.64. The lowest BCUT2D eigenvalue weighted by Crippen LogP contribution is -2.36. The van der Waals surface area contributed by atoms with E-state index in [2.05, 4.69) is 29.4 Å². The quantitative estimate of drug-likeness (QED) is 0.592.